The molecule has 0 saturated heterocycles. The zero-order valence-corrected chi connectivity index (χ0v) is 79.1. The number of pyridine rings is 7. The normalized spacial score (nSPS) is 12.0. The molecule has 0 fully saturated rings. The zero-order valence-electron chi connectivity index (χ0n) is 68.7. The quantitative estimate of drug-likeness (QED) is 0.0608. The Morgan fingerprint density at radius 2 is 1.25 bits per heavy atom. The van der Waals surface area contributed by atoms with Gasteiger partial charge in [0.1, 0.15) is 40.4 Å². The fourth-order valence-electron chi connectivity index (χ4n) is 15.6. The van der Waals surface area contributed by atoms with Gasteiger partial charge in [-0.1, -0.05) is 132 Å². The molecule has 6 aromatic carbocycles. The second kappa shape index (κ2) is 39.3. The molecule has 130 heavy (non-hydrogen) atoms. The van der Waals surface area contributed by atoms with E-state index in [1.165, 1.54) is 29.5 Å². The van der Waals surface area contributed by atoms with E-state index in [1.807, 2.05) is 260 Å². The Balaban J connectivity index is 0.000000121. The summed E-state index contributed by atoms with van der Waals surface area (Å²) in [6.07, 6.45) is 26.7. The van der Waals surface area contributed by atoms with Gasteiger partial charge in [-0.25, -0.2) is 50.2 Å². The SMILES string of the molecule is C[N+]1=CC(c2cccc(N(C[C-]=Cc3coc4ocnc34)c3ccccc3)n2)c2[n-]c[n+](C)c21.[Ir].[Ir].[Ir].[Ir].[c-]1c(-c2ccccn2)ccc2c3ccccc3n(-c3cccc(-c4ccccn4)n3)c12.[c-]1c(-c2cscn2)oc2ccn(-c3cccc(-n4cccn4)n3)c12.[c-]1c(N(c2ccccc2)c2cccc(-c3cccc4ocnc34)n2)cccc1-n1ccc2cccnc21. The number of benzene rings is 6. The van der Waals surface area contributed by atoms with Crippen LogP contribution in [-0.4, -0.2) is 97.7 Å². The summed E-state index contributed by atoms with van der Waals surface area (Å²) in [5, 5.41) is 9.55. The van der Waals surface area contributed by atoms with Crippen LogP contribution in [0.25, 0.3) is 141 Å². The maximum Gasteiger partial charge on any atom is 0.297 e. The van der Waals surface area contributed by atoms with E-state index in [2.05, 4.69) is 178 Å². The van der Waals surface area contributed by atoms with E-state index in [9.17, 15) is 0 Å². The molecule has 4 radical (unpaired) electrons. The fraction of sp³-hybridized carbons (Fsp3) is 0.0396. The van der Waals surface area contributed by atoms with E-state index in [1.54, 1.807) is 35.0 Å². The molecule has 642 valence electrons. The van der Waals surface area contributed by atoms with Crippen molar-refractivity contribution < 1.29 is 107 Å². The van der Waals surface area contributed by atoms with E-state index < -0.39 is 0 Å². The Bertz CT molecular complexity index is 7870. The van der Waals surface area contributed by atoms with Crippen LogP contribution in [0.1, 0.15) is 22.9 Å². The summed E-state index contributed by atoms with van der Waals surface area (Å²) in [5.74, 6) is 6.12. The third-order valence-corrected chi connectivity index (χ3v) is 22.0. The van der Waals surface area contributed by atoms with Crippen molar-refractivity contribution in [3.05, 3.63) is 394 Å². The smallest absolute Gasteiger partial charge is 0.297 e. The van der Waals surface area contributed by atoms with Gasteiger partial charge in [0.15, 0.2) is 24.2 Å². The Morgan fingerprint density at radius 1 is 0.515 bits per heavy atom. The molecular formula is C101H69Ir4N20O4S-3. The molecule has 24 nitrogen and oxygen atoms in total. The van der Waals surface area contributed by atoms with E-state index in [4.69, 9.17) is 32.6 Å². The molecule has 17 aromatic heterocycles. The molecule has 1 aliphatic heterocycles. The molecule has 0 N–H and O–H groups in total. The molecule has 0 bridgehead atoms. The summed E-state index contributed by atoms with van der Waals surface area (Å²) in [6, 6.07) is 101. The van der Waals surface area contributed by atoms with Gasteiger partial charge in [0.25, 0.3) is 11.6 Å². The van der Waals surface area contributed by atoms with Crippen LogP contribution in [0, 0.1) is 24.3 Å². The summed E-state index contributed by atoms with van der Waals surface area (Å²) < 4.78 is 34.0. The first-order valence-electron chi connectivity index (χ1n) is 40.3. The van der Waals surface area contributed by atoms with Crippen LogP contribution in [0.4, 0.5) is 34.5 Å². The number of aryl methyl sites for hydroxylation is 1. The summed E-state index contributed by atoms with van der Waals surface area (Å²) in [5.41, 5.74) is 21.2. The van der Waals surface area contributed by atoms with Crippen molar-refractivity contribution in [1.29, 1.82) is 0 Å². The second-order valence-electron chi connectivity index (χ2n) is 29.2. The first-order chi connectivity index (χ1) is 62.3. The van der Waals surface area contributed by atoms with Crippen molar-refractivity contribution in [2.24, 2.45) is 7.05 Å². The van der Waals surface area contributed by atoms with E-state index >= 15 is 0 Å². The van der Waals surface area contributed by atoms with Crippen molar-refractivity contribution >= 4 is 124 Å². The molecule has 24 rings (SSSR count). The number of rotatable bonds is 17. The largest absolute Gasteiger partial charge is 0.536 e. The van der Waals surface area contributed by atoms with Crippen LogP contribution in [0.15, 0.2) is 370 Å². The number of furan rings is 2. The standard InChI is InChI=1S/C31H20N5O.C27H17N4.C26H22N6O2.C17H10N5OS.4Ir/c1-2-9-23(10-3-1)36(25-12-4-11-24(20-25)35-19-17-22-8-7-18-32-31(22)35)29-16-6-14-27(34-29)26-13-5-15-28-30(26)33-21-37-28;1-2-12-25-20(8-1)21-15-14-19(22-9-3-5-16-28-22)18-26(21)31(25)27-13-7-11-24(30-27)23-10-4-6-17-29-23;1-30-14-20(24-25(30)31(2)16-27-24)21-11-6-12-22(29-21)32(19-9-4-3-5-10-19)13-7-8-18-15-33-26-23(18)28-17-34-26;1-3-16(20-17(4-1)22-7-2-6-19-22)21-8-5-14-13(21)9-15(23-14)12-10-24-11-18-12;;;;/h1-19,21H;1-17H;3-6,8-12,14-17,20H,13H2,1-2H3;1-8,10-11H;;;;/q2*-1;;-1;;;;. The van der Waals surface area contributed by atoms with Gasteiger partial charge in [0, 0.05) is 175 Å². The summed E-state index contributed by atoms with van der Waals surface area (Å²) in [4.78, 5) is 55.0. The molecule has 0 aliphatic carbocycles. The first-order valence-corrected chi connectivity index (χ1v) is 41.3. The Morgan fingerprint density at radius 3 is 2.08 bits per heavy atom. The predicted molar refractivity (Wildman–Crippen MR) is 486 cm³/mol. The van der Waals surface area contributed by atoms with Crippen molar-refractivity contribution in [3.8, 4) is 68.5 Å². The number of oxazole rings is 2. The molecule has 0 saturated carbocycles. The van der Waals surface area contributed by atoms with Gasteiger partial charge in [-0.3, -0.25) is 15.6 Å². The van der Waals surface area contributed by atoms with E-state index in [0.29, 0.717) is 23.6 Å². The number of imidazole rings is 1. The van der Waals surface area contributed by atoms with Crippen molar-refractivity contribution in [2.45, 2.75) is 5.92 Å². The minimum absolute atomic E-state index is 0. The van der Waals surface area contributed by atoms with Gasteiger partial charge < -0.3 is 51.1 Å². The number of fused-ring (bicyclic) bond motifs is 8. The number of aromatic nitrogens is 17. The second-order valence-corrected chi connectivity index (χ2v) is 29.9. The number of thiazole rings is 1. The van der Waals surface area contributed by atoms with Gasteiger partial charge in [0.2, 0.25) is 12.0 Å². The molecule has 1 unspecified atom stereocenters. The summed E-state index contributed by atoms with van der Waals surface area (Å²) in [6.45, 7) is 0.494. The van der Waals surface area contributed by atoms with Gasteiger partial charge in [-0.05, 0) is 161 Å². The molecule has 29 heteroatoms. The summed E-state index contributed by atoms with van der Waals surface area (Å²) >= 11 is 1.53. The van der Waals surface area contributed by atoms with Crippen LogP contribution >= 0.6 is 11.3 Å². The summed E-state index contributed by atoms with van der Waals surface area (Å²) in [7, 11) is 4.05. The fourth-order valence-corrected chi connectivity index (χ4v) is 16.1. The third-order valence-electron chi connectivity index (χ3n) is 21.4. The molecule has 0 amide bonds. The number of para-hydroxylation sites is 4. The third kappa shape index (κ3) is 17.7. The average molecular weight is 2430 g/mol. The van der Waals surface area contributed by atoms with Crippen LogP contribution < -0.4 is 19.4 Å². The van der Waals surface area contributed by atoms with Crippen molar-refractivity contribution in [1.82, 2.24) is 78.3 Å². The Kier molecular flexibility index (Phi) is 26.5. The van der Waals surface area contributed by atoms with Crippen molar-refractivity contribution in [3.63, 3.8) is 0 Å². The minimum atomic E-state index is 0. The van der Waals surface area contributed by atoms with Gasteiger partial charge in [0.05, 0.1) is 54.1 Å². The van der Waals surface area contributed by atoms with Crippen LogP contribution in [-0.2, 0) is 87.5 Å². The Labute approximate surface area is 801 Å². The molecule has 23 aromatic rings. The maximum absolute atomic E-state index is 5.84. The number of anilines is 5. The molecule has 18 heterocycles. The van der Waals surface area contributed by atoms with Gasteiger partial charge in [-0.2, -0.15) is 11.2 Å². The first kappa shape index (κ1) is 87.5. The Hall–Kier alpha value is -14.6. The topological polar surface area (TPSA) is 242 Å². The van der Waals surface area contributed by atoms with Gasteiger partial charge in [-0.15, -0.1) is 69.9 Å². The van der Waals surface area contributed by atoms with Crippen LogP contribution in [0.3, 0.4) is 0 Å². The number of hydrogen-bond acceptors (Lipinski definition) is 18. The van der Waals surface area contributed by atoms with Crippen molar-refractivity contribution in [2.75, 3.05) is 23.4 Å². The molecule has 1 atom stereocenters. The van der Waals surface area contributed by atoms with E-state index in [0.717, 1.165) is 164 Å². The monoisotopic (exact) mass is 2430 g/mol. The molecule has 0 spiro atoms. The maximum atomic E-state index is 5.84. The number of hydrogen-bond donors (Lipinski definition) is 0. The minimum Gasteiger partial charge on any atom is -0.536 e. The van der Waals surface area contributed by atoms with Crippen LogP contribution in [0.2, 0.25) is 0 Å². The molecule has 1 aliphatic rings. The zero-order chi connectivity index (χ0) is 84.2. The average Bonchev–Trinajstić information content (AvgIpc) is 1.59. The van der Waals surface area contributed by atoms with Crippen LogP contribution in [0.5, 0.6) is 0 Å². The number of nitrogens with zero attached hydrogens (tertiary/aromatic N) is 20. The predicted octanol–water partition coefficient (Wildman–Crippen LogP) is 21.1. The molecular weight excluding hydrogens is 2360 g/mol. The van der Waals surface area contributed by atoms with E-state index in [-0.39, 0.29) is 86.3 Å². The van der Waals surface area contributed by atoms with Gasteiger partial charge >= 0.3 is 0 Å².